The maximum atomic E-state index is 11.6. The largest absolute Gasteiger partial charge is 0.443 e. The van der Waals surface area contributed by atoms with E-state index in [0.29, 0.717) is 0 Å². The average molecular weight is 199 g/mol. The number of rotatable bonds is 1. The minimum atomic E-state index is -0.174. The first-order chi connectivity index (χ1) is 6.25. The van der Waals surface area contributed by atoms with Crippen LogP contribution in [-0.4, -0.2) is 29.2 Å². The molecule has 14 heavy (non-hydrogen) atoms. The van der Waals surface area contributed by atoms with Gasteiger partial charge in [-0.15, -0.1) is 0 Å². The van der Waals surface area contributed by atoms with Crippen LogP contribution in [0.3, 0.4) is 0 Å². The molecule has 1 saturated heterocycles. The van der Waals surface area contributed by atoms with E-state index in [4.69, 9.17) is 4.74 Å². The summed E-state index contributed by atoms with van der Waals surface area (Å²) in [4.78, 5) is 13.4. The molecule has 3 nitrogen and oxygen atoms in total. The quantitative estimate of drug-likeness (QED) is 0.649. The molecule has 0 radical (unpaired) electrons. The van der Waals surface area contributed by atoms with Crippen molar-refractivity contribution in [1.82, 2.24) is 4.90 Å². The normalized spacial score (nSPS) is 28.5. The third-order valence-corrected chi connectivity index (χ3v) is 2.73. The number of nitrogens with zero attached hydrogens (tertiary/aromatic N) is 1. The number of ether oxygens (including phenoxy) is 1. The van der Waals surface area contributed by atoms with E-state index in [1.165, 1.54) is 0 Å². The first-order valence-electron chi connectivity index (χ1n) is 5.24. The van der Waals surface area contributed by atoms with Gasteiger partial charge in [0.25, 0.3) is 0 Å². The highest BCUT2D eigenvalue weighted by Crippen LogP contribution is 2.33. The second-order valence-corrected chi connectivity index (χ2v) is 5.41. The summed E-state index contributed by atoms with van der Waals surface area (Å²) < 4.78 is 5.40. The van der Waals surface area contributed by atoms with Gasteiger partial charge >= 0.3 is 6.09 Å². The number of cyclic esters (lactones) is 1. The lowest BCUT2D eigenvalue weighted by Crippen LogP contribution is -2.42. The Kier molecular flexibility index (Phi) is 2.79. The van der Waals surface area contributed by atoms with Gasteiger partial charge < -0.3 is 4.74 Å². The Hall–Kier alpha value is -0.730. The summed E-state index contributed by atoms with van der Waals surface area (Å²) in [6.07, 6.45) is -0.176. The van der Waals surface area contributed by atoms with Crippen LogP contribution in [0.2, 0.25) is 0 Å². The standard InChI is InChI=1S/C11H21NO2/c1-7(2)12-8(3)9(11(4,5)6)14-10(12)13/h7-9H,1-6H3/t8-,9+/m0/s1. The molecule has 0 aromatic heterocycles. The minimum absolute atomic E-state index is 0.00241. The molecule has 0 spiro atoms. The molecule has 2 atom stereocenters. The monoisotopic (exact) mass is 199 g/mol. The molecule has 1 rings (SSSR count). The van der Waals surface area contributed by atoms with Crippen molar-refractivity contribution in [2.24, 2.45) is 5.41 Å². The molecular weight excluding hydrogens is 178 g/mol. The summed E-state index contributed by atoms with van der Waals surface area (Å²) in [5.74, 6) is 0. The van der Waals surface area contributed by atoms with Crippen molar-refractivity contribution in [2.75, 3.05) is 0 Å². The van der Waals surface area contributed by atoms with Crippen LogP contribution in [0, 0.1) is 5.41 Å². The van der Waals surface area contributed by atoms with E-state index in [0.717, 1.165) is 0 Å². The zero-order chi connectivity index (χ0) is 11.1. The van der Waals surface area contributed by atoms with Crippen molar-refractivity contribution in [1.29, 1.82) is 0 Å². The number of hydrogen-bond donors (Lipinski definition) is 0. The maximum absolute atomic E-state index is 11.6. The van der Waals surface area contributed by atoms with Crippen LogP contribution < -0.4 is 0 Å². The highest BCUT2D eigenvalue weighted by Gasteiger charge is 2.45. The van der Waals surface area contributed by atoms with Crippen LogP contribution in [0.25, 0.3) is 0 Å². The fourth-order valence-electron chi connectivity index (χ4n) is 2.16. The van der Waals surface area contributed by atoms with E-state index in [-0.39, 0.29) is 29.7 Å². The predicted octanol–water partition coefficient (Wildman–Crippen LogP) is 2.65. The molecule has 1 fully saturated rings. The van der Waals surface area contributed by atoms with Crippen LogP contribution in [-0.2, 0) is 4.74 Å². The fourth-order valence-corrected chi connectivity index (χ4v) is 2.16. The van der Waals surface area contributed by atoms with E-state index in [1.54, 1.807) is 0 Å². The smallest absolute Gasteiger partial charge is 0.410 e. The van der Waals surface area contributed by atoms with E-state index in [9.17, 15) is 4.79 Å². The second kappa shape index (κ2) is 3.44. The van der Waals surface area contributed by atoms with Gasteiger partial charge in [-0.05, 0) is 20.8 Å². The van der Waals surface area contributed by atoms with Crippen LogP contribution in [0.1, 0.15) is 41.5 Å². The molecular formula is C11H21NO2. The van der Waals surface area contributed by atoms with Gasteiger partial charge in [0.1, 0.15) is 6.10 Å². The molecule has 0 unspecified atom stereocenters. The molecule has 1 aliphatic heterocycles. The third kappa shape index (κ3) is 1.86. The van der Waals surface area contributed by atoms with Crippen molar-refractivity contribution in [3.8, 4) is 0 Å². The third-order valence-electron chi connectivity index (χ3n) is 2.73. The predicted molar refractivity (Wildman–Crippen MR) is 56.2 cm³/mol. The summed E-state index contributed by atoms with van der Waals surface area (Å²) in [5, 5.41) is 0. The lowest BCUT2D eigenvalue weighted by atomic mass is 9.85. The first-order valence-corrected chi connectivity index (χ1v) is 5.24. The number of hydrogen-bond acceptors (Lipinski definition) is 2. The lowest BCUT2D eigenvalue weighted by Gasteiger charge is -2.30. The molecule has 0 saturated carbocycles. The van der Waals surface area contributed by atoms with Gasteiger partial charge in [0.2, 0.25) is 0 Å². The Morgan fingerprint density at radius 2 is 1.86 bits per heavy atom. The second-order valence-electron chi connectivity index (χ2n) is 5.41. The van der Waals surface area contributed by atoms with E-state index < -0.39 is 0 Å². The van der Waals surface area contributed by atoms with Crippen molar-refractivity contribution in [2.45, 2.75) is 59.7 Å². The summed E-state index contributed by atoms with van der Waals surface area (Å²) in [6.45, 7) is 12.4. The van der Waals surface area contributed by atoms with Gasteiger partial charge in [-0.1, -0.05) is 20.8 Å². The Morgan fingerprint density at radius 3 is 2.07 bits per heavy atom. The molecule has 3 heteroatoms. The Morgan fingerprint density at radius 1 is 1.36 bits per heavy atom. The summed E-state index contributed by atoms with van der Waals surface area (Å²) in [5.41, 5.74) is 0.0126. The topological polar surface area (TPSA) is 29.5 Å². The molecule has 1 amide bonds. The number of carbonyl (C=O) groups is 1. The number of carbonyl (C=O) groups excluding carboxylic acids is 1. The molecule has 0 bridgehead atoms. The van der Waals surface area contributed by atoms with E-state index in [2.05, 4.69) is 27.7 Å². The Balaban J connectivity index is 2.85. The van der Waals surface area contributed by atoms with Crippen molar-refractivity contribution >= 4 is 6.09 Å². The highest BCUT2D eigenvalue weighted by atomic mass is 16.6. The van der Waals surface area contributed by atoms with E-state index >= 15 is 0 Å². The van der Waals surface area contributed by atoms with Crippen LogP contribution >= 0.6 is 0 Å². The maximum Gasteiger partial charge on any atom is 0.410 e. The van der Waals surface area contributed by atoms with Gasteiger partial charge in [-0.3, -0.25) is 4.90 Å². The lowest BCUT2D eigenvalue weighted by molar-refractivity contribution is 0.0582. The molecule has 1 aliphatic rings. The highest BCUT2D eigenvalue weighted by molar-refractivity contribution is 5.71. The van der Waals surface area contributed by atoms with Gasteiger partial charge in [0.15, 0.2) is 0 Å². The molecule has 1 heterocycles. The van der Waals surface area contributed by atoms with Crippen LogP contribution in [0.5, 0.6) is 0 Å². The van der Waals surface area contributed by atoms with Crippen molar-refractivity contribution in [3.63, 3.8) is 0 Å². The van der Waals surface area contributed by atoms with Gasteiger partial charge in [-0.25, -0.2) is 4.79 Å². The first kappa shape index (κ1) is 11.3. The summed E-state index contributed by atoms with van der Waals surface area (Å²) >= 11 is 0. The Bertz CT molecular complexity index is 230. The minimum Gasteiger partial charge on any atom is -0.443 e. The summed E-state index contributed by atoms with van der Waals surface area (Å²) in [6, 6.07) is 0.382. The molecule has 0 aliphatic carbocycles. The zero-order valence-electron chi connectivity index (χ0n) is 10.00. The zero-order valence-corrected chi connectivity index (χ0v) is 10.00. The fraction of sp³-hybridized carbons (Fsp3) is 0.909. The average Bonchev–Trinajstić information content (AvgIpc) is 2.24. The van der Waals surface area contributed by atoms with Crippen LogP contribution in [0.15, 0.2) is 0 Å². The molecule has 0 aromatic rings. The van der Waals surface area contributed by atoms with Gasteiger partial charge in [-0.2, -0.15) is 0 Å². The van der Waals surface area contributed by atoms with Gasteiger partial charge in [0, 0.05) is 11.5 Å². The van der Waals surface area contributed by atoms with Crippen LogP contribution in [0.4, 0.5) is 4.79 Å². The summed E-state index contributed by atoms with van der Waals surface area (Å²) in [7, 11) is 0. The molecule has 82 valence electrons. The SMILES string of the molecule is CC(C)N1C(=O)O[C@@H](C(C)(C)C)[C@@H]1C. The van der Waals surface area contributed by atoms with Crippen molar-refractivity contribution < 1.29 is 9.53 Å². The Labute approximate surface area is 86.4 Å². The van der Waals surface area contributed by atoms with Gasteiger partial charge in [0.05, 0.1) is 6.04 Å². The number of amides is 1. The van der Waals surface area contributed by atoms with Crippen molar-refractivity contribution in [3.05, 3.63) is 0 Å². The molecule has 0 aromatic carbocycles. The molecule has 0 N–H and O–H groups in total. The van der Waals surface area contributed by atoms with E-state index in [1.807, 2.05) is 18.7 Å².